The van der Waals surface area contributed by atoms with Gasteiger partial charge >= 0.3 is 12.1 Å². The van der Waals surface area contributed by atoms with E-state index in [1.54, 1.807) is 6.92 Å². The fourth-order valence-corrected chi connectivity index (χ4v) is 5.31. The number of aromatic amines is 1. The van der Waals surface area contributed by atoms with Gasteiger partial charge in [0, 0.05) is 23.6 Å². The van der Waals surface area contributed by atoms with Gasteiger partial charge in [-0.3, -0.25) is 14.2 Å². The van der Waals surface area contributed by atoms with E-state index in [0.29, 0.717) is 6.42 Å². The maximum atomic E-state index is 12.9. The lowest BCUT2D eigenvalue weighted by atomic mass is 10.1. The SMILES string of the molecule is CCOC(=O)CCNC(=O)[C@@H](N[PH](=O)OCC(Cc1c[nH]c2ccccc12)NC(=O)OCc1ccccc1)C(C)C. The van der Waals surface area contributed by atoms with Gasteiger partial charge in [-0.15, -0.1) is 0 Å². The molecule has 2 aromatic carbocycles. The lowest BCUT2D eigenvalue weighted by Gasteiger charge is -2.23. The van der Waals surface area contributed by atoms with Crippen molar-refractivity contribution in [2.45, 2.75) is 52.3 Å². The van der Waals surface area contributed by atoms with Crippen molar-refractivity contribution in [1.29, 1.82) is 0 Å². The molecule has 2 amide bonds. The number of carbonyl (C=O) groups is 3. The van der Waals surface area contributed by atoms with E-state index in [-0.39, 0.29) is 38.7 Å². The summed E-state index contributed by atoms with van der Waals surface area (Å²) in [5, 5.41) is 9.26. The van der Waals surface area contributed by atoms with E-state index in [0.717, 1.165) is 22.0 Å². The van der Waals surface area contributed by atoms with E-state index in [1.807, 2.05) is 74.6 Å². The lowest BCUT2D eigenvalue weighted by Crippen LogP contribution is -2.46. The highest BCUT2D eigenvalue weighted by Crippen LogP contribution is 2.23. The third-order valence-corrected chi connectivity index (χ3v) is 7.22. The predicted octanol–water partition coefficient (Wildman–Crippen LogP) is 4.10. The van der Waals surface area contributed by atoms with Crippen molar-refractivity contribution in [2.75, 3.05) is 19.8 Å². The summed E-state index contributed by atoms with van der Waals surface area (Å²) >= 11 is 0. The second kappa shape index (κ2) is 16.6. The molecule has 1 heterocycles. The first-order chi connectivity index (χ1) is 19.8. The van der Waals surface area contributed by atoms with Gasteiger partial charge in [-0.05, 0) is 36.5 Å². The van der Waals surface area contributed by atoms with Crippen LogP contribution in [0.4, 0.5) is 4.79 Å². The fourth-order valence-electron chi connectivity index (χ4n) is 4.16. The van der Waals surface area contributed by atoms with Crippen molar-refractivity contribution in [3.8, 4) is 0 Å². The minimum absolute atomic E-state index is 0.0393. The monoisotopic (exact) mass is 586 g/mol. The van der Waals surface area contributed by atoms with E-state index in [2.05, 4.69) is 20.7 Å². The first-order valence-corrected chi connectivity index (χ1v) is 15.0. The van der Waals surface area contributed by atoms with Crippen molar-refractivity contribution in [1.82, 2.24) is 20.7 Å². The number of hydrogen-bond acceptors (Lipinski definition) is 7. The van der Waals surface area contributed by atoms with Crippen LogP contribution < -0.4 is 15.7 Å². The Morgan fingerprint density at radius 1 is 1.00 bits per heavy atom. The van der Waals surface area contributed by atoms with E-state index in [4.69, 9.17) is 14.0 Å². The summed E-state index contributed by atoms with van der Waals surface area (Å²) in [6.45, 7) is 5.72. The summed E-state index contributed by atoms with van der Waals surface area (Å²) in [5.74, 6) is -1.01. The number of benzene rings is 2. The molecule has 0 bridgehead atoms. The van der Waals surface area contributed by atoms with Crippen LogP contribution in [0.5, 0.6) is 0 Å². The number of hydrogen-bond donors (Lipinski definition) is 4. The number of esters is 1. The van der Waals surface area contributed by atoms with Crippen LogP contribution in [0.1, 0.15) is 38.3 Å². The molecule has 2 unspecified atom stereocenters. The summed E-state index contributed by atoms with van der Waals surface area (Å²) in [6, 6.07) is 15.7. The molecule has 12 heteroatoms. The Labute approximate surface area is 240 Å². The third kappa shape index (κ3) is 10.7. The quantitative estimate of drug-likeness (QED) is 0.145. The molecule has 222 valence electrons. The van der Waals surface area contributed by atoms with Crippen molar-refractivity contribution in [2.24, 2.45) is 5.92 Å². The Bertz CT molecular complexity index is 1300. The average Bonchev–Trinajstić information content (AvgIpc) is 3.36. The van der Waals surface area contributed by atoms with Crippen molar-refractivity contribution in [3.63, 3.8) is 0 Å². The Morgan fingerprint density at radius 3 is 2.46 bits per heavy atom. The zero-order chi connectivity index (χ0) is 29.6. The second-order valence-electron chi connectivity index (χ2n) is 9.78. The molecule has 0 aliphatic carbocycles. The first-order valence-electron chi connectivity index (χ1n) is 13.7. The maximum absolute atomic E-state index is 12.9. The van der Waals surface area contributed by atoms with Gasteiger partial charge in [-0.2, -0.15) is 0 Å². The van der Waals surface area contributed by atoms with Gasteiger partial charge in [0.1, 0.15) is 6.61 Å². The van der Waals surface area contributed by atoms with Gasteiger partial charge in [0.2, 0.25) is 5.91 Å². The predicted molar refractivity (Wildman–Crippen MR) is 157 cm³/mol. The van der Waals surface area contributed by atoms with Crippen molar-refractivity contribution >= 4 is 37.1 Å². The Hall–Kier alpha value is -3.66. The topological polar surface area (TPSA) is 148 Å². The maximum Gasteiger partial charge on any atom is 0.407 e. The first kappa shape index (κ1) is 31.9. The van der Waals surface area contributed by atoms with E-state index >= 15 is 0 Å². The molecule has 3 atom stereocenters. The van der Waals surface area contributed by atoms with Gasteiger partial charge in [-0.1, -0.05) is 62.4 Å². The largest absolute Gasteiger partial charge is 0.466 e. The molecule has 0 aliphatic heterocycles. The number of fused-ring (bicyclic) bond motifs is 1. The standard InChI is InChI=1S/C29H39N4O7P/c1-4-38-26(34)14-15-30-28(35)27(20(2)3)33-41(37)40-19-23(16-22-17-31-25-13-9-8-12-24(22)25)32-29(36)39-18-21-10-6-5-7-11-21/h5-13,17,20,23,27,31,41H,4,14-16,18-19H2,1-3H3,(H,30,35)(H,32,36)(H,33,37)/t23?,27-/m0/s1. The van der Waals surface area contributed by atoms with E-state index in [1.165, 1.54) is 0 Å². The fraction of sp³-hybridized carbons (Fsp3) is 0.414. The van der Waals surface area contributed by atoms with Crippen LogP contribution >= 0.6 is 8.18 Å². The number of aromatic nitrogens is 1. The van der Waals surface area contributed by atoms with Gasteiger partial charge in [0.15, 0.2) is 0 Å². The van der Waals surface area contributed by atoms with Gasteiger partial charge in [0.05, 0.1) is 31.7 Å². The number of rotatable bonds is 16. The normalized spacial score (nSPS) is 13.4. The van der Waals surface area contributed by atoms with Crippen LogP contribution in [0.3, 0.4) is 0 Å². The zero-order valence-electron chi connectivity index (χ0n) is 23.6. The molecule has 0 saturated carbocycles. The average molecular weight is 587 g/mol. The van der Waals surface area contributed by atoms with Gasteiger partial charge in [-0.25, -0.2) is 9.88 Å². The number of carbonyl (C=O) groups excluding carboxylic acids is 3. The molecular formula is C29H39N4O7P. The number of H-pyrrole nitrogens is 1. The Morgan fingerprint density at radius 2 is 1.73 bits per heavy atom. The van der Waals surface area contributed by atoms with Crippen molar-refractivity contribution < 1.29 is 32.9 Å². The molecule has 41 heavy (non-hydrogen) atoms. The summed E-state index contributed by atoms with van der Waals surface area (Å²) in [4.78, 5) is 40.1. The summed E-state index contributed by atoms with van der Waals surface area (Å²) < 4.78 is 28.8. The molecule has 3 rings (SSSR count). The zero-order valence-corrected chi connectivity index (χ0v) is 24.6. The summed E-state index contributed by atoms with van der Waals surface area (Å²) in [6.07, 6.45) is 1.67. The Kier molecular flexibility index (Phi) is 12.9. The molecule has 0 radical (unpaired) electrons. The highest BCUT2D eigenvalue weighted by molar-refractivity contribution is 7.36. The molecule has 4 N–H and O–H groups in total. The molecule has 0 saturated heterocycles. The third-order valence-electron chi connectivity index (χ3n) is 6.25. The second-order valence-corrected chi connectivity index (χ2v) is 10.9. The molecule has 0 aliphatic rings. The molecule has 1 aromatic heterocycles. The minimum Gasteiger partial charge on any atom is -0.466 e. The van der Waals surface area contributed by atoms with Gasteiger partial charge in [0.25, 0.3) is 8.18 Å². The van der Waals surface area contributed by atoms with E-state index in [9.17, 15) is 18.9 Å². The van der Waals surface area contributed by atoms with Crippen LogP contribution in [-0.2, 0) is 41.2 Å². The Balaban J connectivity index is 1.59. The van der Waals surface area contributed by atoms with Gasteiger partial charge < -0.3 is 29.6 Å². The minimum atomic E-state index is -2.88. The van der Waals surface area contributed by atoms with Crippen molar-refractivity contribution in [3.05, 3.63) is 71.9 Å². The van der Waals surface area contributed by atoms with Crippen LogP contribution in [0.15, 0.2) is 60.8 Å². The number of ether oxygens (including phenoxy) is 2. The molecule has 0 fully saturated rings. The summed E-state index contributed by atoms with van der Waals surface area (Å²) in [7, 11) is -2.88. The molecule has 3 aromatic rings. The van der Waals surface area contributed by atoms with Crippen LogP contribution in [-0.4, -0.2) is 54.8 Å². The number of amides is 2. The van der Waals surface area contributed by atoms with Crippen LogP contribution in [0, 0.1) is 5.92 Å². The summed E-state index contributed by atoms with van der Waals surface area (Å²) in [5.41, 5.74) is 2.76. The molecule has 0 spiro atoms. The number of alkyl carbamates (subject to hydrolysis) is 1. The van der Waals surface area contributed by atoms with Crippen LogP contribution in [0.2, 0.25) is 0 Å². The lowest BCUT2D eigenvalue weighted by molar-refractivity contribution is -0.143. The molecular weight excluding hydrogens is 547 g/mol. The number of para-hydroxylation sites is 1. The van der Waals surface area contributed by atoms with Crippen LogP contribution in [0.25, 0.3) is 10.9 Å². The number of nitrogens with one attached hydrogen (secondary N) is 4. The molecule has 11 nitrogen and oxygen atoms in total. The highest BCUT2D eigenvalue weighted by atomic mass is 31.1. The highest BCUT2D eigenvalue weighted by Gasteiger charge is 2.25. The smallest absolute Gasteiger partial charge is 0.407 e. The van der Waals surface area contributed by atoms with E-state index < -0.39 is 38.2 Å².